The SMILES string of the molecule is Cc1ccc2ccnc(NCC(C)(C)CO)c2c1. The van der Waals surface area contributed by atoms with Gasteiger partial charge in [0.15, 0.2) is 0 Å². The zero-order valence-electron chi connectivity index (χ0n) is 11.2. The van der Waals surface area contributed by atoms with Crippen molar-refractivity contribution in [2.45, 2.75) is 20.8 Å². The van der Waals surface area contributed by atoms with Gasteiger partial charge < -0.3 is 10.4 Å². The summed E-state index contributed by atoms with van der Waals surface area (Å²) in [7, 11) is 0. The predicted octanol–water partition coefficient (Wildman–Crippen LogP) is 2.97. The average molecular weight is 244 g/mol. The molecular weight excluding hydrogens is 224 g/mol. The van der Waals surface area contributed by atoms with Crippen LogP contribution in [0.15, 0.2) is 30.5 Å². The van der Waals surface area contributed by atoms with E-state index in [0.29, 0.717) is 6.54 Å². The Morgan fingerprint density at radius 2 is 2.06 bits per heavy atom. The molecule has 3 heteroatoms. The van der Waals surface area contributed by atoms with Crippen LogP contribution in [-0.2, 0) is 0 Å². The van der Waals surface area contributed by atoms with Crippen molar-refractivity contribution in [3.63, 3.8) is 0 Å². The highest BCUT2D eigenvalue weighted by molar-refractivity contribution is 5.92. The Hall–Kier alpha value is -1.61. The second-order valence-corrected chi connectivity index (χ2v) is 5.56. The maximum atomic E-state index is 9.27. The third kappa shape index (κ3) is 2.79. The van der Waals surface area contributed by atoms with Gasteiger partial charge in [-0.3, -0.25) is 0 Å². The molecule has 2 N–H and O–H groups in total. The van der Waals surface area contributed by atoms with E-state index in [1.54, 1.807) is 0 Å². The molecule has 0 saturated heterocycles. The standard InChI is InChI=1S/C15H20N2O/c1-11-4-5-12-6-7-16-14(13(12)8-11)17-9-15(2,3)10-18/h4-8,18H,9-10H2,1-3H3,(H,16,17). The summed E-state index contributed by atoms with van der Waals surface area (Å²) in [5.74, 6) is 0.887. The van der Waals surface area contributed by atoms with Gasteiger partial charge >= 0.3 is 0 Å². The number of nitrogens with zero attached hydrogens (tertiary/aromatic N) is 1. The lowest BCUT2D eigenvalue weighted by Gasteiger charge is -2.22. The summed E-state index contributed by atoms with van der Waals surface area (Å²) in [5.41, 5.74) is 1.08. The number of benzene rings is 1. The molecule has 0 saturated carbocycles. The number of nitrogens with one attached hydrogen (secondary N) is 1. The van der Waals surface area contributed by atoms with Gasteiger partial charge in [0, 0.05) is 30.1 Å². The largest absolute Gasteiger partial charge is 0.396 e. The zero-order chi connectivity index (χ0) is 13.2. The number of aryl methyl sites for hydroxylation is 1. The van der Waals surface area contributed by atoms with Gasteiger partial charge in [-0.2, -0.15) is 0 Å². The van der Waals surface area contributed by atoms with Gasteiger partial charge in [-0.15, -0.1) is 0 Å². The molecule has 0 aliphatic rings. The Kier molecular flexibility index (Phi) is 3.53. The van der Waals surface area contributed by atoms with Crippen LogP contribution in [0.25, 0.3) is 10.8 Å². The highest BCUT2D eigenvalue weighted by atomic mass is 16.3. The van der Waals surface area contributed by atoms with Crippen LogP contribution in [0.3, 0.4) is 0 Å². The molecule has 0 unspecified atom stereocenters. The van der Waals surface area contributed by atoms with E-state index in [1.807, 2.05) is 26.1 Å². The molecule has 96 valence electrons. The smallest absolute Gasteiger partial charge is 0.133 e. The van der Waals surface area contributed by atoms with Crippen LogP contribution in [-0.4, -0.2) is 23.2 Å². The van der Waals surface area contributed by atoms with Crippen molar-refractivity contribution < 1.29 is 5.11 Å². The average Bonchev–Trinajstić information content (AvgIpc) is 2.36. The van der Waals surface area contributed by atoms with E-state index in [2.05, 4.69) is 35.4 Å². The molecule has 1 aromatic heterocycles. The first-order chi connectivity index (χ1) is 8.52. The molecule has 0 spiro atoms. The van der Waals surface area contributed by atoms with Crippen LogP contribution in [0.5, 0.6) is 0 Å². The van der Waals surface area contributed by atoms with Crippen LogP contribution in [0, 0.1) is 12.3 Å². The number of aromatic nitrogens is 1. The van der Waals surface area contributed by atoms with Crippen molar-refractivity contribution in [3.8, 4) is 0 Å². The fourth-order valence-corrected chi connectivity index (χ4v) is 1.80. The van der Waals surface area contributed by atoms with Crippen molar-refractivity contribution in [1.29, 1.82) is 0 Å². The molecule has 3 nitrogen and oxygen atoms in total. The second kappa shape index (κ2) is 4.94. The summed E-state index contributed by atoms with van der Waals surface area (Å²) >= 11 is 0. The van der Waals surface area contributed by atoms with Gasteiger partial charge in [0.1, 0.15) is 5.82 Å². The topological polar surface area (TPSA) is 45.2 Å². The highest BCUT2D eigenvalue weighted by Crippen LogP contribution is 2.23. The lowest BCUT2D eigenvalue weighted by atomic mass is 9.95. The number of pyridine rings is 1. The maximum absolute atomic E-state index is 9.27. The lowest BCUT2D eigenvalue weighted by Crippen LogP contribution is -2.27. The van der Waals surface area contributed by atoms with Crippen molar-refractivity contribution >= 4 is 16.6 Å². The van der Waals surface area contributed by atoms with Crippen LogP contribution in [0.2, 0.25) is 0 Å². The summed E-state index contributed by atoms with van der Waals surface area (Å²) in [6.07, 6.45) is 1.81. The molecule has 18 heavy (non-hydrogen) atoms. The summed E-state index contributed by atoms with van der Waals surface area (Å²) in [5, 5.41) is 14.9. The number of aliphatic hydroxyl groups is 1. The van der Waals surface area contributed by atoms with E-state index in [9.17, 15) is 5.11 Å². The second-order valence-electron chi connectivity index (χ2n) is 5.56. The van der Waals surface area contributed by atoms with Crippen molar-refractivity contribution in [2.24, 2.45) is 5.41 Å². The van der Waals surface area contributed by atoms with E-state index in [0.717, 1.165) is 11.2 Å². The number of hydrogen-bond acceptors (Lipinski definition) is 3. The van der Waals surface area contributed by atoms with Crippen LogP contribution in [0.4, 0.5) is 5.82 Å². The fourth-order valence-electron chi connectivity index (χ4n) is 1.80. The van der Waals surface area contributed by atoms with Gasteiger partial charge in [-0.1, -0.05) is 31.5 Å². The Morgan fingerprint density at radius 3 is 2.78 bits per heavy atom. The number of hydrogen-bond donors (Lipinski definition) is 2. The molecule has 0 bridgehead atoms. The quantitative estimate of drug-likeness (QED) is 0.869. The monoisotopic (exact) mass is 244 g/mol. The zero-order valence-corrected chi connectivity index (χ0v) is 11.2. The minimum absolute atomic E-state index is 0.145. The fraction of sp³-hybridized carbons (Fsp3) is 0.400. The molecule has 0 aliphatic carbocycles. The number of rotatable bonds is 4. The third-order valence-corrected chi connectivity index (χ3v) is 3.08. The van der Waals surface area contributed by atoms with Gasteiger partial charge in [0.25, 0.3) is 0 Å². The van der Waals surface area contributed by atoms with Gasteiger partial charge in [-0.05, 0) is 24.4 Å². The minimum atomic E-state index is -0.145. The lowest BCUT2D eigenvalue weighted by molar-refractivity contribution is 0.171. The summed E-state index contributed by atoms with van der Waals surface area (Å²) in [6.45, 7) is 6.98. The van der Waals surface area contributed by atoms with Gasteiger partial charge in [0.05, 0.1) is 0 Å². The first-order valence-corrected chi connectivity index (χ1v) is 6.22. The highest BCUT2D eigenvalue weighted by Gasteiger charge is 2.16. The van der Waals surface area contributed by atoms with Crippen LogP contribution in [0.1, 0.15) is 19.4 Å². The Balaban J connectivity index is 2.30. The molecule has 2 aromatic rings. The van der Waals surface area contributed by atoms with E-state index >= 15 is 0 Å². The Labute approximate surface area is 108 Å². The van der Waals surface area contributed by atoms with E-state index in [4.69, 9.17) is 0 Å². The normalized spacial score (nSPS) is 11.8. The van der Waals surface area contributed by atoms with E-state index in [1.165, 1.54) is 10.9 Å². The van der Waals surface area contributed by atoms with Gasteiger partial charge in [0.2, 0.25) is 0 Å². The van der Waals surface area contributed by atoms with Crippen LogP contribution >= 0.6 is 0 Å². The predicted molar refractivity (Wildman–Crippen MR) is 75.8 cm³/mol. The molecule has 0 atom stereocenters. The van der Waals surface area contributed by atoms with Gasteiger partial charge in [-0.25, -0.2) is 4.98 Å². The molecule has 0 fully saturated rings. The number of fused-ring (bicyclic) bond motifs is 1. The minimum Gasteiger partial charge on any atom is -0.396 e. The van der Waals surface area contributed by atoms with E-state index in [-0.39, 0.29) is 12.0 Å². The number of anilines is 1. The third-order valence-electron chi connectivity index (χ3n) is 3.08. The Morgan fingerprint density at radius 1 is 1.28 bits per heavy atom. The van der Waals surface area contributed by atoms with Crippen molar-refractivity contribution in [2.75, 3.05) is 18.5 Å². The van der Waals surface area contributed by atoms with Crippen LogP contribution < -0.4 is 5.32 Å². The summed E-state index contributed by atoms with van der Waals surface area (Å²) < 4.78 is 0. The molecular formula is C15H20N2O. The molecule has 2 rings (SSSR count). The molecule has 0 amide bonds. The maximum Gasteiger partial charge on any atom is 0.133 e. The molecule has 1 heterocycles. The van der Waals surface area contributed by atoms with Crippen molar-refractivity contribution in [1.82, 2.24) is 4.98 Å². The summed E-state index contributed by atoms with van der Waals surface area (Å²) in [4.78, 5) is 4.39. The Bertz CT molecular complexity index is 549. The molecule has 0 radical (unpaired) electrons. The molecule has 0 aliphatic heterocycles. The number of aliphatic hydroxyl groups excluding tert-OH is 1. The first-order valence-electron chi connectivity index (χ1n) is 6.22. The first kappa shape index (κ1) is 12.8. The summed E-state index contributed by atoms with van der Waals surface area (Å²) in [6, 6.07) is 8.35. The van der Waals surface area contributed by atoms with E-state index < -0.39 is 0 Å². The van der Waals surface area contributed by atoms with Crippen molar-refractivity contribution in [3.05, 3.63) is 36.0 Å². The molecule has 1 aromatic carbocycles.